The van der Waals surface area contributed by atoms with Crippen molar-refractivity contribution in [2.24, 2.45) is 0 Å². The first-order chi connectivity index (χ1) is 15.7. The molecule has 3 aromatic rings. The monoisotopic (exact) mass is 550 g/mol. The van der Waals surface area contributed by atoms with Crippen LogP contribution < -0.4 is 10.1 Å². The molecule has 0 saturated heterocycles. The van der Waals surface area contributed by atoms with Crippen molar-refractivity contribution in [2.75, 3.05) is 6.61 Å². The van der Waals surface area contributed by atoms with Crippen LogP contribution in [0.3, 0.4) is 0 Å². The maximum absolute atomic E-state index is 13.2. The van der Waals surface area contributed by atoms with Crippen LogP contribution in [0.1, 0.15) is 26.3 Å². The molecule has 0 aliphatic heterocycles. The Morgan fingerprint density at radius 1 is 1.03 bits per heavy atom. The van der Waals surface area contributed by atoms with E-state index in [1.165, 1.54) is 4.90 Å². The van der Waals surface area contributed by atoms with Crippen molar-refractivity contribution in [3.63, 3.8) is 0 Å². The van der Waals surface area contributed by atoms with Gasteiger partial charge in [-0.2, -0.15) is 0 Å². The minimum absolute atomic E-state index is 0.0494. The van der Waals surface area contributed by atoms with Crippen molar-refractivity contribution in [1.82, 2.24) is 10.2 Å². The van der Waals surface area contributed by atoms with Gasteiger partial charge in [-0.3, -0.25) is 9.59 Å². The molecular weight excluding hydrogens is 527 g/mol. The summed E-state index contributed by atoms with van der Waals surface area (Å²) in [5.74, 6) is -0.0198. The van der Waals surface area contributed by atoms with Gasteiger partial charge < -0.3 is 15.0 Å². The minimum atomic E-state index is -0.710. The van der Waals surface area contributed by atoms with Gasteiger partial charge in [0.2, 0.25) is 5.91 Å². The zero-order valence-corrected chi connectivity index (χ0v) is 21.7. The van der Waals surface area contributed by atoms with E-state index in [0.29, 0.717) is 15.8 Å². The predicted molar refractivity (Wildman–Crippen MR) is 137 cm³/mol. The summed E-state index contributed by atoms with van der Waals surface area (Å²) in [7, 11) is 0. The number of carbonyl (C=O) groups excluding carboxylic acids is 2. The molecular formula is C25H25BrCl2N2O3. The molecule has 0 heterocycles. The fourth-order valence-corrected chi connectivity index (χ4v) is 4.30. The molecule has 5 nitrogen and oxygen atoms in total. The number of fused-ring (bicyclic) bond motifs is 1. The van der Waals surface area contributed by atoms with E-state index in [0.717, 1.165) is 20.8 Å². The standard InChI is InChI=1S/C25H25BrCl2N2O3/c1-15(2)29-25(32)16(3)30(13-17-8-10-20(27)21(28)12-17)23(31)14-33-22-11-9-18-6-4-5-7-19(18)24(22)26/h4-12,15-16H,13-14H2,1-3H3,(H,29,32). The van der Waals surface area contributed by atoms with E-state index < -0.39 is 6.04 Å². The lowest BCUT2D eigenvalue weighted by Gasteiger charge is -2.29. The van der Waals surface area contributed by atoms with Crippen LogP contribution in [-0.2, 0) is 16.1 Å². The van der Waals surface area contributed by atoms with Crippen LogP contribution in [0.2, 0.25) is 10.0 Å². The lowest BCUT2D eigenvalue weighted by atomic mass is 10.1. The van der Waals surface area contributed by atoms with Crippen LogP contribution in [0.25, 0.3) is 10.8 Å². The van der Waals surface area contributed by atoms with Gasteiger partial charge in [0.25, 0.3) is 5.91 Å². The van der Waals surface area contributed by atoms with Gasteiger partial charge in [-0.25, -0.2) is 0 Å². The minimum Gasteiger partial charge on any atom is -0.483 e. The number of rotatable bonds is 8. The third-order valence-electron chi connectivity index (χ3n) is 5.11. The number of hydrogen-bond acceptors (Lipinski definition) is 3. The zero-order valence-electron chi connectivity index (χ0n) is 18.6. The Morgan fingerprint density at radius 3 is 2.45 bits per heavy atom. The molecule has 1 atom stereocenters. The first kappa shape index (κ1) is 25.3. The summed E-state index contributed by atoms with van der Waals surface area (Å²) >= 11 is 15.7. The van der Waals surface area contributed by atoms with E-state index in [4.69, 9.17) is 27.9 Å². The Bertz CT molecular complexity index is 1170. The first-order valence-corrected chi connectivity index (χ1v) is 12.1. The fraction of sp³-hybridized carbons (Fsp3) is 0.280. The summed E-state index contributed by atoms with van der Waals surface area (Å²) in [5, 5.41) is 5.71. The second-order valence-electron chi connectivity index (χ2n) is 8.00. The second kappa shape index (κ2) is 11.2. The van der Waals surface area contributed by atoms with Gasteiger partial charge in [0.05, 0.1) is 14.5 Å². The Labute approximate surface area is 212 Å². The van der Waals surface area contributed by atoms with E-state index in [-0.39, 0.29) is 31.0 Å². The molecule has 1 N–H and O–H groups in total. The average Bonchev–Trinajstić information content (AvgIpc) is 2.78. The number of nitrogens with zero attached hydrogens (tertiary/aromatic N) is 1. The third-order valence-corrected chi connectivity index (χ3v) is 6.67. The summed E-state index contributed by atoms with van der Waals surface area (Å²) in [6.45, 7) is 5.40. The third kappa shape index (κ3) is 6.40. The Balaban J connectivity index is 1.81. The molecule has 2 amide bonds. The number of nitrogens with one attached hydrogen (secondary N) is 1. The van der Waals surface area contributed by atoms with E-state index in [1.807, 2.05) is 50.2 Å². The van der Waals surface area contributed by atoms with Gasteiger partial charge in [-0.05, 0) is 71.2 Å². The van der Waals surface area contributed by atoms with Crippen molar-refractivity contribution in [2.45, 2.75) is 39.4 Å². The molecule has 0 saturated carbocycles. The molecule has 3 rings (SSSR count). The lowest BCUT2D eigenvalue weighted by molar-refractivity contribution is -0.142. The average molecular weight is 552 g/mol. The van der Waals surface area contributed by atoms with Crippen molar-refractivity contribution in [3.05, 3.63) is 74.7 Å². The topological polar surface area (TPSA) is 58.6 Å². The van der Waals surface area contributed by atoms with Gasteiger partial charge in [-0.1, -0.05) is 59.6 Å². The molecule has 8 heteroatoms. The van der Waals surface area contributed by atoms with Crippen molar-refractivity contribution >= 4 is 61.7 Å². The number of hydrogen-bond donors (Lipinski definition) is 1. The smallest absolute Gasteiger partial charge is 0.261 e. The van der Waals surface area contributed by atoms with Crippen LogP contribution in [-0.4, -0.2) is 35.4 Å². The van der Waals surface area contributed by atoms with Gasteiger partial charge in [0, 0.05) is 12.6 Å². The number of ether oxygens (including phenoxy) is 1. The molecule has 0 aliphatic rings. The summed E-state index contributed by atoms with van der Waals surface area (Å²) in [4.78, 5) is 27.4. The van der Waals surface area contributed by atoms with Gasteiger partial charge in [-0.15, -0.1) is 0 Å². The number of benzene rings is 3. The van der Waals surface area contributed by atoms with Crippen LogP contribution in [0.5, 0.6) is 5.75 Å². The maximum Gasteiger partial charge on any atom is 0.261 e. The molecule has 0 aromatic heterocycles. The van der Waals surface area contributed by atoms with Crippen LogP contribution in [0.4, 0.5) is 0 Å². The number of halogens is 3. The number of carbonyl (C=O) groups is 2. The molecule has 0 fully saturated rings. The first-order valence-electron chi connectivity index (χ1n) is 10.5. The Kier molecular flexibility index (Phi) is 8.63. The summed E-state index contributed by atoms with van der Waals surface area (Å²) in [6.07, 6.45) is 0. The molecule has 0 radical (unpaired) electrons. The molecule has 3 aromatic carbocycles. The van der Waals surface area contributed by atoms with Gasteiger partial charge in [0.15, 0.2) is 6.61 Å². The quantitative estimate of drug-likeness (QED) is 0.361. The summed E-state index contributed by atoms with van der Waals surface area (Å²) in [5.41, 5.74) is 0.758. The highest BCUT2D eigenvalue weighted by Gasteiger charge is 2.27. The molecule has 0 aliphatic carbocycles. The molecule has 0 spiro atoms. The summed E-state index contributed by atoms with van der Waals surface area (Å²) in [6, 6.07) is 16.0. The van der Waals surface area contributed by atoms with Gasteiger partial charge in [0.1, 0.15) is 11.8 Å². The Morgan fingerprint density at radius 2 is 1.76 bits per heavy atom. The lowest BCUT2D eigenvalue weighted by Crippen LogP contribution is -2.50. The van der Waals surface area contributed by atoms with Crippen molar-refractivity contribution in [1.29, 1.82) is 0 Å². The second-order valence-corrected chi connectivity index (χ2v) is 9.60. The van der Waals surface area contributed by atoms with E-state index >= 15 is 0 Å². The SMILES string of the molecule is CC(C)NC(=O)C(C)N(Cc1ccc(Cl)c(Cl)c1)C(=O)COc1ccc2ccccc2c1Br. The predicted octanol–water partition coefficient (Wildman–Crippen LogP) is 6.23. The van der Waals surface area contributed by atoms with E-state index in [1.54, 1.807) is 25.1 Å². The van der Waals surface area contributed by atoms with Crippen molar-refractivity contribution in [3.8, 4) is 5.75 Å². The van der Waals surface area contributed by atoms with Crippen LogP contribution in [0, 0.1) is 0 Å². The van der Waals surface area contributed by atoms with Crippen molar-refractivity contribution < 1.29 is 14.3 Å². The zero-order chi connectivity index (χ0) is 24.1. The highest BCUT2D eigenvalue weighted by Crippen LogP contribution is 2.33. The molecule has 174 valence electrons. The number of amides is 2. The maximum atomic E-state index is 13.2. The summed E-state index contributed by atoms with van der Waals surface area (Å²) < 4.78 is 6.64. The Hall–Kier alpha value is -2.28. The van der Waals surface area contributed by atoms with Crippen LogP contribution in [0.15, 0.2) is 59.1 Å². The molecule has 0 bridgehead atoms. The molecule has 33 heavy (non-hydrogen) atoms. The van der Waals surface area contributed by atoms with E-state index in [9.17, 15) is 9.59 Å². The highest BCUT2D eigenvalue weighted by molar-refractivity contribution is 9.10. The highest BCUT2D eigenvalue weighted by atomic mass is 79.9. The van der Waals surface area contributed by atoms with Crippen LogP contribution >= 0.6 is 39.1 Å². The van der Waals surface area contributed by atoms with Gasteiger partial charge >= 0.3 is 0 Å². The molecule has 1 unspecified atom stereocenters. The normalized spacial score (nSPS) is 12.0. The fourth-order valence-electron chi connectivity index (χ4n) is 3.37. The van der Waals surface area contributed by atoms with E-state index in [2.05, 4.69) is 21.2 Å². The largest absolute Gasteiger partial charge is 0.483 e.